The fourth-order valence-corrected chi connectivity index (χ4v) is 2.85. The van der Waals surface area contributed by atoms with Gasteiger partial charge in [0.15, 0.2) is 0 Å². The number of benzene rings is 1. The molecule has 1 aromatic carbocycles. The van der Waals surface area contributed by atoms with Crippen molar-refractivity contribution in [3.8, 4) is 5.75 Å². The molecule has 1 aromatic rings. The number of halogens is 1. The Morgan fingerprint density at radius 2 is 2.18 bits per heavy atom. The maximum absolute atomic E-state index is 6.10. The van der Waals surface area contributed by atoms with Crippen LogP contribution in [-0.2, 0) is 0 Å². The van der Waals surface area contributed by atoms with Crippen molar-refractivity contribution in [2.24, 2.45) is 5.92 Å². The van der Waals surface area contributed by atoms with Gasteiger partial charge in [-0.25, -0.2) is 0 Å². The molecule has 0 N–H and O–H groups in total. The highest BCUT2D eigenvalue weighted by Crippen LogP contribution is 2.30. The molecule has 2 unspecified atom stereocenters. The number of hydrogen-bond donors (Lipinski definition) is 0. The molecule has 0 bridgehead atoms. The van der Waals surface area contributed by atoms with Gasteiger partial charge in [-0.3, -0.25) is 0 Å². The van der Waals surface area contributed by atoms with Crippen LogP contribution in [0.1, 0.15) is 44.6 Å². The van der Waals surface area contributed by atoms with Crippen LogP contribution in [0.5, 0.6) is 5.75 Å². The monoisotopic (exact) mass is 296 g/mol. The molecule has 0 heterocycles. The van der Waals surface area contributed by atoms with E-state index in [0.717, 1.165) is 16.1 Å². The zero-order chi connectivity index (χ0) is 12.3. The van der Waals surface area contributed by atoms with Gasteiger partial charge >= 0.3 is 0 Å². The Balaban J connectivity index is 1.97. The first-order valence-corrected chi connectivity index (χ1v) is 7.41. The number of hydrogen-bond acceptors (Lipinski definition) is 1. The molecular formula is C15H21BrO. The highest BCUT2D eigenvalue weighted by Gasteiger charge is 2.22. The van der Waals surface area contributed by atoms with Crippen LogP contribution in [0, 0.1) is 12.8 Å². The van der Waals surface area contributed by atoms with E-state index < -0.39 is 0 Å². The second-order valence-corrected chi connectivity index (χ2v) is 5.95. The van der Waals surface area contributed by atoms with E-state index in [1.54, 1.807) is 0 Å². The van der Waals surface area contributed by atoms with E-state index in [9.17, 15) is 0 Å². The van der Waals surface area contributed by atoms with E-state index in [1.165, 1.54) is 37.7 Å². The lowest BCUT2D eigenvalue weighted by Gasteiger charge is -2.29. The average Bonchev–Trinajstić information content (AvgIpc) is 2.34. The molecule has 0 amide bonds. The highest BCUT2D eigenvalue weighted by atomic mass is 79.9. The molecule has 0 aromatic heterocycles. The summed E-state index contributed by atoms with van der Waals surface area (Å²) in [7, 11) is 0. The fraction of sp³-hybridized carbons (Fsp3) is 0.600. The van der Waals surface area contributed by atoms with Gasteiger partial charge in [-0.05, 0) is 55.9 Å². The molecule has 94 valence electrons. The Bertz CT molecular complexity index is 375. The summed E-state index contributed by atoms with van der Waals surface area (Å²) in [6.07, 6.45) is 6.86. The van der Waals surface area contributed by atoms with Crippen molar-refractivity contribution >= 4 is 15.9 Å². The van der Waals surface area contributed by atoms with Gasteiger partial charge in [0, 0.05) is 4.47 Å². The molecule has 1 saturated carbocycles. The summed E-state index contributed by atoms with van der Waals surface area (Å²) in [6, 6.07) is 6.26. The third-order valence-electron chi connectivity index (χ3n) is 3.74. The van der Waals surface area contributed by atoms with Crippen LogP contribution >= 0.6 is 15.9 Å². The van der Waals surface area contributed by atoms with Crippen molar-refractivity contribution in [3.63, 3.8) is 0 Å². The van der Waals surface area contributed by atoms with Gasteiger partial charge < -0.3 is 4.74 Å². The quantitative estimate of drug-likeness (QED) is 0.753. The van der Waals surface area contributed by atoms with E-state index in [1.807, 2.05) is 0 Å². The molecule has 1 aliphatic rings. The smallest absolute Gasteiger partial charge is 0.120 e. The van der Waals surface area contributed by atoms with Crippen molar-refractivity contribution in [2.45, 2.75) is 52.1 Å². The number of aryl methyl sites for hydroxylation is 1. The molecule has 1 fully saturated rings. The van der Waals surface area contributed by atoms with Crippen LogP contribution in [0.3, 0.4) is 0 Å². The third kappa shape index (κ3) is 3.48. The van der Waals surface area contributed by atoms with Gasteiger partial charge in [-0.15, -0.1) is 0 Å². The topological polar surface area (TPSA) is 9.23 Å². The molecule has 1 nitrogen and oxygen atoms in total. The maximum atomic E-state index is 6.10. The van der Waals surface area contributed by atoms with E-state index in [0.29, 0.717) is 6.10 Å². The van der Waals surface area contributed by atoms with Crippen LogP contribution in [0.15, 0.2) is 22.7 Å². The van der Waals surface area contributed by atoms with Crippen LogP contribution in [0.25, 0.3) is 0 Å². The first-order chi connectivity index (χ1) is 8.19. The Kier molecular flexibility index (Phi) is 4.49. The molecule has 0 saturated heterocycles. The molecule has 0 radical (unpaired) electrons. The van der Waals surface area contributed by atoms with E-state index >= 15 is 0 Å². The van der Waals surface area contributed by atoms with Crippen molar-refractivity contribution in [1.29, 1.82) is 0 Å². The molecule has 1 aliphatic carbocycles. The predicted molar refractivity (Wildman–Crippen MR) is 75.5 cm³/mol. The minimum Gasteiger partial charge on any atom is -0.490 e. The SMILES string of the molecule is CCC1CCCC(Oc2ccc(Br)c(C)c2)C1. The molecule has 0 spiro atoms. The van der Waals surface area contributed by atoms with Crippen LogP contribution in [0.4, 0.5) is 0 Å². The molecule has 2 atom stereocenters. The second kappa shape index (κ2) is 5.90. The minimum absolute atomic E-state index is 0.425. The van der Waals surface area contributed by atoms with Crippen LogP contribution in [-0.4, -0.2) is 6.10 Å². The first-order valence-electron chi connectivity index (χ1n) is 6.62. The van der Waals surface area contributed by atoms with E-state index in [-0.39, 0.29) is 0 Å². The zero-order valence-corrected chi connectivity index (χ0v) is 12.3. The van der Waals surface area contributed by atoms with Gasteiger partial charge in [0.25, 0.3) is 0 Å². The summed E-state index contributed by atoms with van der Waals surface area (Å²) < 4.78 is 7.26. The van der Waals surface area contributed by atoms with Crippen molar-refractivity contribution in [3.05, 3.63) is 28.2 Å². The Hall–Kier alpha value is -0.500. The van der Waals surface area contributed by atoms with Crippen molar-refractivity contribution < 1.29 is 4.74 Å². The Labute approximate surface area is 113 Å². The average molecular weight is 297 g/mol. The van der Waals surface area contributed by atoms with Gasteiger partial charge in [-0.2, -0.15) is 0 Å². The summed E-state index contributed by atoms with van der Waals surface area (Å²) in [5.41, 5.74) is 1.24. The minimum atomic E-state index is 0.425. The van der Waals surface area contributed by atoms with E-state index in [2.05, 4.69) is 48.0 Å². The summed E-state index contributed by atoms with van der Waals surface area (Å²) in [5.74, 6) is 1.89. The second-order valence-electron chi connectivity index (χ2n) is 5.09. The zero-order valence-electron chi connectivity index (χ0n) is 10.7. The standard InChI is InChI=1S/C15H21BrO/c1-3-12-5-4-6-13(10-12)17-14-7-8-15(16)11(2)9-14/h7-9,12-13H,3-6,10H2,1-2H3. The lowest BCUT2D eigenvalue weighted by atomic mass is 9.85. The van der Waals surface area contributed by atoms with Gasteiger partial charge in [0.05, 0.1) is 6.10 Å². The summed E-state index contributed by atoms with van der Waals surface area (Å²) in [6.45, 7) is 4.39. The molecule has 2 rings (SSSR count). The van der Waals surface area contributed by atoms with Crippen molar-refractivity contribution in [1.82, 2.24) is 0 Å². The van der Waals surface area contributed by atoms with Crippen molar-refractivity contribution in [2.75, 3.05) is 0 Å². The van der Waals surface area contributed by atoms with Crippen LogP contribution in [0.2, 0.25) is 0 Å². The molecule has 2 heteroatoms. The predicted octanol–water partition coefficient (Wildman–Crippen LogP) is 5.11. The first kappa shape index (κ1) is 12.9. The lowest BCUT2D eigenvalue weighted by molar-refractivity contribution is 0.122. The number of rotatable bonds is 3. The fourth-order valence-electron chi connectivity index (χ4n) is 2.60. The molecule has 17 heavy (non-hydrogen) atoms. The Morgan fingerprint density at radius 3 is 2.88 bits per heavy atom. The summed E-state index contributed by atoms with van der Waals surface area (Å²) >= 11 is 3.52. The van der Waals surface area contributed by atoms with Gasteiger partial charge in [0.1, 0.15) is 5.75 Å². The highest BCUT2D eigenvalue weighted by molar-refractivity contribution is 9.10. The summed E-state index contributed by atoms with van der Waals surface area (Å²) in [4.78, 5) is 0. The molecular weight excluding hydrogens is 276 g/mol. The third-order valence-corrected chi connectivity index (χ3v) is 4.63. The van der Waals surface area contributed by atoms with E-state index in [4.69, 9.17) is 4.74 Å². The maximum Gasteiger partial charge on any atom is 0.120 e. The van der Waals surface area contributed by atoms with Gasteiger partial charge in [0.2, 0.25) is 0 Å². The normalized spacial score (nSPS) is 24.6. The number of ether oxygens (including phenoxy) is 1. The molecule has 0 aliphatic heterocycles. The van der Waals surface area contributed by atoms with Crippen LogP contribution < -0.4 is 4.74 Å². The van der Waals surface area contributed by atoms with Gasteiger partial charge in [-0.1, -0.05) is 35.7 Å². The Morgan fingerprint density at radius 1 is 1.35 bits per heavy atom. The summed E-state index contributed by atoms with van der Waals surface area (Å²) in [5, 5.41) is 0. The lowest BCUT2D eigenvalue weighted by Crippen LogP contribution is -2.25. The largest absolute Gasteiger partial charge is 0.490 e.